The average Bonchev–Trinajstić information content (AvgIpc) is 1.66. The SMILES string of the molecule is CC(C)CCN(CC(=O)N(CCS(N)(=O)=O)CC(=O)N(CC(N)=O)Cc1ccc([N+](=O)[O-])cc1)C(=O)CN(CCCP(=O)(O)O)C(=O)CN(Cc1ccc([N+](=O)[O-])cc1)C(=O)CN(CCc1c[nH]c2cc(Cl)ccc12)C(=O)CN(CCCCP(=O)(O)O)C(=O)CN(Cc1ccc([N+](=O)[O-])cc1)C(=O)CN(CCc1ccccc1)C(=O)CNCc1ccc([N+](=O)[O-])cc1. The van der Waals surface area contributed by atoms with Crippen molar-refractivity contribution in [3.05, 3.63) is 231 Å². The van der Waals surface area contributed by atoms with Crippen LogP contribution in [0.15, 0.2) is 152 Å². The number of hydrogen-bond acceptors (Lipinski definition) is 23. The molecule has 6 aromatic carbocycles. The molecule has 0 aliphatic heterocycles. The topological polar surface area (TPSA) is 601 Å². The Morgan fingerprint density at radius 2 is 0.795 bits per heavy atom. The summed E-state index contributed by atoms with van der Waals surface area (Å²) in [5, 5.41) is 55.8. The number of primary amides is 1. The molecule has 7 aromatic rings. The van der Waals surface area contributed by atoms with Crippen LogP contribution in [0.5, 0.6) is 0 Å². The number of halogens is 1. The number of carbonyl (C=O) groups is 10. The molecule has 0 radical (unpaired) electrons. The summed E-state index contributed by atoms with van der Waals surface area (Å²) in [7, 11) is -14.0. The number of aromatic amines is 1. The molecule has 47 heteroatoms. The van der Waals surface area contributed by atoms with Gasteiger partial charge in [0.1, 0.15) is 13.1 Å². The maximum absolute atomic E-state index is 15.6. The number of aromatic nitrogens is 1. The average molecular weight is 1850 g/mol. The molecule has 0 atom stereocenters. The summed E-state index contributed by atoms with van der Waals surface area (Å²) < 4.78 is 49.6. The van der Waals surface area contributed by atoms with Gasteiger partial charge < -0.3 is 79.7 Å². The molecule has 0 bridgehead atoms. The standard InChI is InChI=1S/C80H100ClN17O26P2S/c1-57(2)29-34-89(51-75(103)91(37-40-127(83,123)124)54-78(106)92(48-71(82)99)45-60-13-22-66(23-14-60)96(111)112)73(101)50-87(33-8-39-126(120,121)122)77(105)56-94(47-62-17-26-68(27-18-62)98(115)116)80(108)53-90(36-31-63-43-85-70-41-64(81)19-28-69(63)70)74(102)49-86(32-6-7-38-125(117,118)119)76(104)55-93(46-61-15-24-67(25-16-61)97(113)114)79(107)52-88(35-30-58-9-4-3-5-10-58)72(100)44-84-42-59-11-20-65(21-12-59)95(109)110/h3-5,9-28,41,43,57,84-85H,6-8,29-40,42,44-56H2,1-2H3,(H2,82,99)(H2,83,123,124)(H2,117,118,119)(H2,120,121,122). The Morgan fingerprint density at radius 3 is 1.20 bits per heavy atom. The van der Waals surface area contributed by atoms with Gasteiger partial charge in [-0.15, -0.1) is 0 Å². The molecule has 0 saturated heterocycles. The van der Waals surface area contributed by atoms with Crippen LogP contribution in [0.25, 0.3) is 10.9 Å². The van der Waals surface area contributed by atoms with Crippen LogP contribution in [-0.4, -0.2) is 279 Å². The summed E-state index contributed by atoms with van der Waals surface area (Å²) >= 11 is 6.36. The highest BCUT2D eigenvalue weighted by molar-refractivity contribution is 7.89. The minimum Gasteiger partial charge on any atom is -0.368 e. The van der Waals surface area contributed by atoms with Gasteiger partial charge in [-0.2, -0.15) is 0 Å². The van der Waals surface area contributed by atoms with Crippen molar-refractivity contribution in [2.45, 2.75) is 78.6 Å². The Kier molecular flexibility index (Phi) is 38.7. The molecule has 0 fully saturated rings. The van der Waals surface area contributed by atoms with Gasteiger partial charge in [-0.1, -0.05) is 110 Å². The van der Waals surface area contributed by atoms with Crippen LogP contribution >= 0.6 is 26.8 Å². The van der Waals surface area contributed by atoms with E-state index in [9.17, 15) is 96.8 Å². The number of nitrogens with one attached hydrogen (secondary N) is 2. The van der Waals surface area contributed by atoms with Gasteiger partial charge >= 0.3 is 15.2 Å². The molecule has 1 aromatic heterocycles. The summed E-state index contributed by atoms with van der Waals surface area (Å²) in [5.41, 5.74) is 7.29. The van der Waals surface area contributed by atoms with Crippen molar-refractivity contribution in [2.75, 3.05) is 123 Å². The third-order valence-electron chi connectivity index (χ3n) is 20.0. The van der Waals surface area contributed by atoms with Crippen LogP contribution in [-0.2, 0) is 106 Å². The molecular formula is C80H100ClN17O26P2S. The molecule has 0 aliphatic rings. The van der Waals surface area contributed by atoms with Crippen LogP contribution in [0.2, 0.25) is 5.02 Å². The highest BCUT2D eigenvalue weighted by atomic mass is 35.5. The van der Waals surface area contributed by atoms with E-state index >= 15 is 28.8 Å². The summed E-state index contributed by atoms with van der Waals surface area (Å²) in [6.07, 6.45) is -0.674. The number of nitro benzene ring substituents is 4. The number of fused-ring (bicyclic) bond motifs is 1. The number of non-ortho nitro benzene ring substituents is 4. The summed E-state index contributed by atoms with van der Waals surface area (Å²) in [6.45, 7) is -9.26. The second-order valence-corrected chi connectivity index (χ2v) is 36.0. The van der Waals surface area contributed by atoms with Crippen molar-refractivity contribution in [2.24, 2.45) is 16.8 Å². The molecule has 684 valence electrons. The largest absolute Gasteiger partial charge is 0.368 e. The normalized spacial score (nSPS) is 11.5. The highest BCUT2D eigenvalue weighted by Gasteiger charge is 2.34. The molecule has 0 unspecified atom stereocenters. The van der Waals surface area contributed by atoms with Gasteiger partial charge in [0.05, 0.1) is 84.0 Å². The van der Waals surface area contributed by atoms with Crippen LogP contribution in [0.4, 0.5) is 22.7 Å². The fourth-order valence-electron chi connectivity index (χ4n) is 13.0. The maximum Gasteiger partial charge on any atom is 0.325 e. The lowest BCUT2D eigenvalue weighted by Crippen LogP contribution is -2.53. The lowest BCUT2D eigenvalue weighted by molar-refractivity contribution is -0.385. The Balaban J connectivity index is 1.25. The highest BCUT2D eigenvalue weighted by Crippen LogP contribution is 2.36. The number of amides is 10. The third kappa shape index (κ3) is 35.5. The minimum atomic E-state index is -4.88. The van der Waals surface area contributed by atoms with Gasteiger partial charge in [0.25, 0.3) is 22.7 Å². The van der Waals surface area contributed by atoms with Crippen LogP contribution in [0.3, 0.4) is 0 Å². The van der Waals surface area contributed by atoms with Crippen LogP contribution in [0.1, 0.15) is 72.9 Å². The molecule has 0 spiro atoms. The van der Waals surface area contributed by atoms with Crippen molar-refractivity contribution < 1.29 is 105 Å². The lowest BCUT2D eigenvalue weighted by Gasteiger charge is -2.33. The molecule has 0 aliphatic carbocycles. The Hall–Kier alpha value is -12.4. The number of nitrogens with two attached hydrogens (primary N) is 2. The fourth-order valence-corrected chi connectivity index (χ4v) is 14.8. The Morgan fingerprint density at radius 1 is 0.441 bits per heavy atom. The number of nitrogens with zero attached hydrogens (tertiary/aromatic N) is 13. The summed E-state index contributed by atoms with van der Waals surface area (Å²) in [4.78, 5) is 243. The third-order valence-corrected chi connectivity index (χ3v) is 22.7. The van der Waals surface area contributed by atoms with Crippen LogP contribution in [0, 0.1) is 46.4 Å². The van der Waals surface area contributed by atoms with E-state index in [2.05, 4.69) is 10.3 Å². The van der Waals surface area contributed by atoms with Crippen LogP contribution < -0.4 is 16.2 Å². The van der Waals surface area contributed by atoms with E-state index in [1.165, 1.54) is 65.6 Å². The molecule has 10 N–H and O–H groups in total. The van der Waals surface area contributed by atoms with E-state index in [0.29, 0.717) is 27.1 Å². The molecule has 7 rings (SSSR count). The van der Waals surface area contributed by atoms with Crippen molar-refractivity contribution in [3.8, 4) is 0 Å². The molecule has 127 heavy (non-hydrogen) atoms. The maximum atomic E-state index is 15.6. The quantitative estimate of drug-likeness (QED) is 0.0113. The van der Waals surface area contributed by atoms with E-state index in [1.54, 1.807) is 68.6 Å². The predicted octanol–water partition coefficient (Wildman–Crippen LogP) is 4.43. The van der Waals surface area contributed by atoms with Crippen molar-refractivity contribution >= 4 is 130 Å². The van der Waals surface area contributed by atoms with E-state index in [0.717, 1.165) is 81.2 Å². The first-order valence-corrected chi connectivity index (χ1v) is 45.4. The zero-order chi connectivity index (χ0) is 93.5. The zero-order valence-electron chi connectivity index (χ0n) is 69.4. The second-order valence-electron chi connectivity index (χ2n) is 30.3. The molecule has 43 nitrogen and oxygen atoms in total. The number of sulfonamides is 1. The van der Waals surface area contributed by atoms with E-state index < -0.39 is 239 Å². The van der Waals surface area contributed by atoms with Gasteiger partial charge in [-0.3, -0.25) is 97.5 Å². The number of carbonyl (C=O) groups excluding carboxylic acids is 10. The summed E-state index contributed by atoms with van der Waals surface area (Å²) in [6, 6.07) is 33.6. The molecule has 10 amide bonds. The molecule has 1 heterocycles. The van der Waals surface area contributed by atoms with Crippen molar-refractivity contribution in [3.63, 3.8) is 0 Å². The lowest BCUT2D eigenvalue weighted by atomic mass is 10.1. The second kappa shape index (κ2) is 48.4. The first kappa shape index (κ1) is 102. The van der Waals surface area contributed by atoms with Gasteiger partial charge in [0.2, 0.25) is 69.1 Å². The monoisotopic (exact) mass is 1840 g/mol. The number of primary sulfonamides is 1. The molecule has 0 saturated carbocycles. The van der Waals surface area contributed by atoms with E-state index in [1.807, 2.05) is 0 Å². The van der Waals surface area contributed by atoms with Crippen molar-refractivity contribution in [1.29, 1.82) is 0 Å². The summed E-state index contributed by atoms with van der Waals surface area (Å²) in [5.74, 6) is -11.0. The van der Waals surface area contributed by atoms with Gasteiger partial charge in [-0.25, -0.2) is 13.6 Å². The number of hydrogen-bond donors (Lipinski definition) is 8. The Labute approximate surface area is 733 Å². The smallest absolute Gasteiger partial charge is 0.325 e. The van der Waals surface area contributed by atoms with Gasteiger partial charge in [-0.05, 0) is 90.0 Å². The number of benzene rings is 6. The van der Waals surface area contributed by atoms with Gasteiger partial charge in [0, 0.05) is 142 Å². The number of rotatable bonds is 53. The minimum absolute atomic E-state index is 0.0507. The first-order valence-electron chi connectivity index (χ1n) is 39.7. The van der Waals surface area contributed by atoms with Gasteiger partial charge in [0.15, 0.2) is 0 Å². The first-order chi connectivity index (χ1) is 59.8. The van der Waals surface area contributed by atoms with E-state index in [4.69, 9.17) is 22.5 Å². The zero-order valence-corrected chi connectivity index (χ0v) is 72.8. The number of H-pyrrole nitrogens is 1. The number of nitro groups is 4. The predicted molar refractivity (Wildman–Crippen MR) is 461 cm³/mol. The Bertz CT molecular complexity index is 5280. The number of unbranched alkanes of at least 4 members (excludes halogenated alkanes) is 1. The van der Waals surface area contributed by atoms with E-state index in [-0.39, 0.29) is 98.0 Å². The molecular weight excluding hydrogens is 1740 g/mol. The fraction of sp³-hybridized carbons (Fsp3) is 0.400. The van der Waals surface area contributed by atoms with Crippen molar-refractivity contribution in [1.82, 2.24) is 54.4 Å².